The molecule has 1 aliphatic heterocycles. The van der Waals surface area contributed by atoms with Crippen LogP contribution in [0.15, 0.2) is 48.8 Å². The van der Waals surface area contributed by atoms with Crippen molar-refractivity contribution in [1.29, 1.82) is 0 Å². The Morgan fingerprint density at radius 3 is 2.51 bits per heavy atom. The molecule has 1 fully saturated rings. The van der Waals surface area contributed by atoms with E-state index in [1.807, 2.05) is 40.8 Å². The lowest BCUT2D eigenvalue weighted by molar-refractivity contribution is -0.138. The highest BCUT2D eigenvalue weighted by Gasteiger charge is 2.37. The summed E-state index contributed by atoms with van der Waals surface area (Å²) >= 11 is 0. The molecule has 4 rings (SSSR count). The molecule has 0 bridgehead atoms. The molecule has 0 spiro atoms. The summed E-state index contributed by atoms with van der Waals surface area (Å²) in [6, 6.07) is 8.46. The standard InChI is InChI=1S/C29H36F2N4O6/c1-21-32-6-7-34(21)10-11-40-27-12-22(4-5-26(27)39-3)16-33-8-9-35(28(36)17-38-2)19-29(37,18-33)20-41-25-14-23(30)13-24(31)15-25/h4-7,12-15,37H,8-11,16-20H2,1-3H3. The van der Waals surface area contributed by atoms with E-state index in [0.29, 0.717) is 44.3 Å². The Morgan fingerprint density at radius 1 is 1.05 bits per heavy atom. The van der Waals surface area contributed by atoms with Crippen LogP contribution in [0, 0.1) is 18.6 Å². The fourth-order valence-corrected chi connectivity index (χ4v) is 4.81. The maximum atomic E-state index is 13.7. The van der Waals surface area contributed by atoms with Crippen molar-refractivity contribution in [3.05, 3.63) is 71.8 Å². The van der Waals surface area contributed by atoms with E-state index >= 15 is 0 Å². The number of imidazole rings is 1. The molecular weight excluding hydrogens is 538 g/mol. The third kappa shape index (κ3) is 8.38. The summed E-state index contributed by atoms with van der Waals surface area (Å²) < 4.78 is 51.5. The monoisotopic (exact) mass is 574 g/mol. The summed E-state index contributed by atoms with van der Waals surface area (Å²) in [5, 5.41) is 11.6. The van der Waals surface area contributed by atoms with Crippen LogP contribution in [0.4, 0.5) is 8.78 Å². The summed E-state index contributed by atoms with van der Waals surface area (Å²) in [7, 11) is 3.00. The lowest BCUT2D eigenvalue weighted by Crippen LogP contribution is -2.52. The van der Waals surface area contributed by atoms with Gasteiger partial charge in [-0.3, -0.25) is 9.69 Å². The summed E-state index contributed by atoms with van der Waals surface area (Å²) in [5.74, 6) is 0.166. The van der Waals surface area contributed by atoms with Gasteiger partial charge in [0.1, 0.15) is 48.6 Å². The molecule has 3 aromatic rings. The maximum absolute atomic E-state index is 13.7. The minimum atomic E-state index is -1.53. The topological polar surface area (TPSA) is 98.5 Å². The zero-order valence-corrected chi connectivity index (χ0v) is 23.5. The van der Waals surface area contributed by atoms with Gasteiger partial charge in [0.15, 0.2) is 11.5 Å². The number of methoxy groups -OCH3 is 2. The Balaban J connectivity index is 1.48. The van der Waals surface area contributed by atoms with Gasteiger partial charge in [-0.1, -0.05) is 6.07 Å². The van der Waals surface area contributed by atoms with Gasteiger partial charge in [0.2, 0.25) is 5.91 Å². The molecule has 2 heterocycles. The van der Waals surface area contributed by atoms with E-state index in [9.17, 15) is 18.7 Å². The van der Waals surface area contributed by atoms with Crippen LogP contribution in [0.25, 0.3) is 0 Å². The normalized spacial score (nSPS) is 17.8. The largest absolute Gasteiger partial charge is 0.493 e. The number of benzene rings is 2. The summed E-state index contributed by atoms with van der Waals surface area (Å²) in [6.45, 7) is 3.90. The summed E-state index contributed by atoms with van der Waals surface area (Å²) in [4.78, 5) is 20.4. The van der Waals surface area contributed by atoms with Crippen LogP contribution in [0.1, 0.15) is 11.4 Å². The molecule has 0 radical (unpaired) electrons. The van der Waals surface area contributed by atoms with Crippen LogP contribution in [0.5, 0.6) is 17.2 Å². The molecule has 1 saturated heterocycles. The van der Waals surface area contributed by atoms with Crippen molar-refractivity contribution < 1.29 is 37.6 Å². The van der Waals surface area contributed by atoms with E-state index in [1.54, 1.807) is 13.3 Å². The predicted molar refractivity (Wildman–Crippen MR) is 146 cm³/mol. The molecule has 1 aromatic heterocycles. The predicted octanol–water partition coefficient (Wildman–Crippen LogP) is 2.66. The average Bonchev–Trinajstić information content (AvgIpc) is 3.25. The fraction of sp³-hybridized carbons (Fsp3) is 0.448. The Kier molecular flexibility index (Phi) is 10.1. The first-order chi connectivity index (χ1) is 19.7. The maximum Gasteiger partial charge on any atom is 0.248 e. The van der Waals surface area contributed by atoms with Gasteiger partial charge >= 0.3 is 0 Å². The number of aliphatic hydroxyl groups is 1. The first-order valence-corrected chi connectivity index (χ1v) is 13.3. The van der Waals surface area contributed by atoms with Crippen molar-refractivity contribution in [1.82, 2.24) is 19.4 Å². The van der Waals surface area contributed by atoms with E-state index in [4.69, 9.17) is 18.9 Å². The molecule has 41 heavy (non-hydrogen) atoms. The minimum Gasteiger partial charge on any atom is -0.493 e. The van der Waals surface area contributed by atoms with Crippen molar-refractivity contribution in [2.75, 3.05) is 60.2 Å². The van der Waals surface area contributed by atoms with E-state index in [2.05, 4.69) is 4.98 Å². The van der Waals surface area contributed by atoms with Crippen LogP contribution in [-0.4, -0.2) is 96.2 Å². The number of β-amino-alcohol motifs (C(OH)–C–C–N with tert-alkyl or cyclic N) is 1. The number of aryl methyl sites for hydroxylation is 1. The first-order valence-electron chi connectivity index (χ1n) is 13.3. The molecule has 1 aliphatic rings. The Morgan fingerprint density at radius 2 is 1.83 bits per heavy atom. The van der Waals surface area contributed by atoms with E-state index < -0.39 is 17.2 Å². The molecule has 10 nitrogen and oxygen atoms in total. The van der Waals surface area contributed by atoms with Gasteiger partial charge in [-0.15, -0.1) is 0 Å². The fourth-order valence-electron chi connectivity index (χ4n) is 4.81. The zero-order valence-electron chi connectivity index (χ0n) is 23.5. The number of hydrogen-bond acceptors (Lipinski definition) is 8. The van der Waals surface area contributed by atoms with E-state index in [0.717, 1.165) is 29.6 Å². The second kappa shape index (κ2) is 13.7. The molecule has 1 N–H and O–H groups in total. The number of halogens is 2. The third-order valence-electron chi connectivity index (χ3n) is 6.80. The number of carbonyl (C=O) groups excluding carboxylic acids is 1. The van der Waals surface area contributed by atoms with Crippen LogP contribution in [0.3, 0.4) is 0 Å². The molecule has 2 aromatic carbocycles. The van der Waals surface area contributed by atoms with Crippen LogP contribution in [0.2, 0.25) is 0 Å². The van der Waals surface area contributed by atoms with Crippen LogP contribution in [-0.2, 0) is 22.6 Å². The highest BCUT2D eigenvalue weighted by atomic mass is 19.1. The zero-order chi connectivity index (χ0) is 29.4. The minimum absolute atomic E-state index is 0.0336. The number of ether oxygens (including phenoxy) is 4. The van der Waals surface area contributed by atoms with Crippen molar-refractivity contribution in [2.24, 2.45) is 0 Å². The van der Waals surface area contributed by atoms with Gasteiger partial charge in [0.25, 0.3) is 0 Å². The average molecular weight is 575 g/mol. The first kappa shape index (κ1) is 30.2. The number of nitrogens with zero attached hydrogens (tertiary/aromatic N) is 4. The molecule has 0 aliphatic carbocycles. The van der Waals surface area contributed by atoms with Crippen molar-refractivity contribution in [2.45, 2.75) is 25.6 Å². The van der Waals surface area contributed by atoms with Crippen LogP contribution >= 0.6 is 0 Å². The second-order valence-corrected chi connectivity index (χ2v) is 10.1. The molecule has 222 valence electrons. The summed E-state index contributed by atoms with van der Waals surface area (Å²) in [5.41, 5.74) is -0.622. The Labute approximate surface area is 238 Å². The second-order valence-electron chi connectivity index (χ2n) is 10.1. The van der Waals surface area contributed by atoms with Crippen molar-refractivity contribution in [3.63, 3.8) is 0 Å². The van der Waals surface area contributed by atoms with Gasteiger partial charge in [-0.2, -0.15) is 0 Å². The smallest absolute Gasteiger partial charge is 0.248 e. The van der Waals surface area contributed by atoms with Gasteiger partial charge in [-0.25, -0.2) is 13.8 Å². The number of amides is 1. The summed E-state index contributed by atoms with van der Waals surface area (Å²) in [6.07, 6.45) is 3.63. The Bertz CT molecular complexity index is 1300. The molecule has 1 amide bonds. The van der Waals surface area contributed by atoms with Crippen molar-refractivity contribution >= 4 is 5.91 Å². The van der Waals surface area contributed by atoms with Gasteiger partial charge in [0.05, 0.1) is 20.2 Å². The van der Waals surface area contributed by atoms with Gasteiger partial charge in [0, 0.05) is 63.9 Å². The van der Waals surface area contributed by atoms with E-state index in [1.165, 1.54) is 12.0 Å². The third-order valence-corrected chi connectivity index (χ3v) is 6.80. The SMILES string of the molecule is COCC(=O)N1CCN(Cc2ccc(OC)c(OCCn3ccnc3C)c2)CC(O)(COc2cc(F)cc(F)c2)C1. The lowest BCUT2D eigenvalue weighted by Gasteiger charge is -2.33. The van der Waals surface area contributed by atoms with Gasteiger partial charge in [-0.05, 0) is 24.6 Å². The highest BCUT2D eigenvalue weighted by Crippen LogP contribution is 2.29. The highest BCUT2D eigenvalue weighted by molar-refractivity contribution is 5.77. The van der Waals surface area contributed by atoms with Gasteiger partial charge < -0.3 is 33.5 Å². The van der Waals surface area contributed by atoms with Crippen LogP contribution < -0.4 is 14.2 Å². The van der Waals surface area contributed by atoms with E-state index in [-0.39, 0.29) is 38.0 Å². The molecule has 0 saturated carbocycles. The molecule has 1 unspecified atom stereocenters. The lowest BCUT2D eigenvalue weighted by atomic mass is 10.0. The molecular formula is C29H36F2N4O6. The quantitative estimate of drug-likeness (QED) is 0.353. The molecule has 12 heteroatoms. The number of hydrogen-bond donors (Lipinski definition) is 1. The number of aromatic nitrogens is 2. The number of rotatable bonds is 12. The molecule has 1 atom stereocenters. The Hall–Kier alpha value is -3.74. The number of carbonyl (C=O) groups is 1. The van der Waals surface area contributed by atoms with Crippen molar-refractivity contribution in [3.8, 4) is 17.2 Å².